The zero-order valence-corrected chi connectivity index (χ0v) is 10.8. The van der Waals surface area contributed by atoms with Gasteiger partial charge in [0.1, 0.15) is 17.5 Å². The Kier molecular flexibility index (Phi) is 3.40. The van der Waals surface area contributed by atoms with E-state index >= 15 is 0 Å². The first-order valence-electron chi connectivity index (χ1n) is 5.71. The van der Waals surface area contributed by atoms with Crippen molar-refractivity contribution in [2.75, 3.05) is 5.32 Å². The first-order valence-corrected chi connectivity index (χ1v) is 5.71. The van der Waals surface area contributed by atoms with E-state index in [0.29, 0.717) is 17.1 Å². The lowest BCUT2D eigenvalue weighted by molar-refractivity contribution is -0.137. The minimum atomic E-state index is -4.40. The Bertz CT molecular complexity index is 680. The van der Waals surface area contributed by atoms with Gasteiger partial charge in [0.15, 0.2) is 0 Å². The SMILES string of the molecule is Cc1nn(C)c(Nc2cccc(C(F)(F)F)c2)c1C#N. The zero-order valence-electron chi connectivity index (χ0n) is 10.8. The van der Waals surface area contributed by atoms with Crippen molar-refractivity contribution in [1.82, 2.24) is 9.78 Å². The van der Waals surface area contributed by atoms with Crippen LogP contribution in [0.4, 0.5) is 24.7 Å². The molecule has 7 heteroatoms. The minimum Gasteiger partial charge on any atom is -0.339 e. The highest BCUT2D eigenvalue weighted by Crippen LogP contribution is 2.31. The van der Waals surface area contributed by atoms with E-state index in [0.717, 1.165) is 12.1 Å². The number of alkyl halides is 3. The number of aryl methyl sites for hydroxylation is 2. The number of aromatic nitrogens is 2. The van der Waals surface area contributed by atoms with Gasteiger partial charge in [-0.2, -0.15) is 23.5 Å². The number of nitrogens with one attached hydrogen (secondary N) is 1. The molecule has 1 N–H and O–H groups in total. The van der Waals surface area contributed by atoms with Crippen LogP contribution in [0, 0.1) is 18.3 Å². The minimum absolute atomic E-state index is 0.249. The van der Waals surface area contributed by atoms with Crippen LogP contribution in [0.15, 0.2) is 24.3 Å². The van der Waals surface area contributed by atoms with Gasteiger partial charge in [-0.15, -0.1) is 0 Å². The summed E-state index contributed by atoms with van der Waals surface area (Å²) in [6.07, 6.45) is -4.40. The molecule has 1 heterocycles. The predicted molar refractivity (Wildman–Crippen MR) is 67.4 cm³/mol. The van der Waals surface area contributed by atoms with E-state index in [9.17, 15) is 13.2 Å². The molecule has 1 aromatic heterocycles. The first-order chi connectivity index (χ1) is 9.32. The Hall–Kier alpha value is -2.49. The van der Waals surface area contributed by atoms with Crippen molar-refractivity contribution in [3.05, 3.63) is 41.1 Å². The van der Waals surface area contributed by atoms with Crippen LogP contribution in [0.3, 0.4) is 0 Å². The van der Waals surface area contributed by atoms with Gasteiger partial charge in [-0.05, 0) is 25.1 Å². The molecule has 0 unspecified atom stereocenters. The van der Waals surface area contributed by atoms with Crippen molar-refractivity contribution in [3.8, 4) is 6.07 Å². The molecule has 2 aromatic rings. The maximum Gasteiger partial charge on any atom is 0.416 e. The van der Waals surface area contributed by atoms with E-state index in [1.54, 1.807) is 14.0 Å². The summed E-state index contributed by atoms with van der Waals surface area (Å²) in [6.45, 7) is 1.66. The number of hydrogen-bond donors (Lipinski definition) is 1. The average molecular weight is 280 g/mol. The van der Waals surface area contributed by atoms with E-state index in [-0.39, 0.29) is 5.69 Å². The maximum absolute atomic E-state index is 12.6. The van der Waals surface area contributed by atoms with Gasteiger partial charge in [-0.3, -0.25) is 4.68 Å². The van der Waals surface area contributed by atoms with Crippen molar-refractivity contribution in [2.24, 2.45) is 7.05 Å². The number of benzene rings is 1. The Morgan fingerprint density at radius 1 is 1.35 bits per heavy atom. The first kappa shape index (κ1) is 13.9. The third-order valence-corrected chi connectivity index (χ3v) is 2.79. The van der Waals surface area contributed by atoms with Crippen molar-refractivity contribution in [1.29, 1.82) is 5.26 Å². The van der Waals surface area contributed by atoms with Crippen molar-refractivity contribution in [3.63, 3.8) is 0 Å². The summed E-state index contributed by atoms with van der Waals surface area (Å²) in [4.78, 5) is 0. The molecule has 0 amide bonds. The van der Waals surface area contributed by atoms with Crippen LogP contribution in [-0.2, 0) is 13.2 Å². The van der Waals surface area contributed by atoms with Crippen LogP contribution < -0.4 is 5.32 Å². The lowest BCUT2D eigenvalue weighted by atomic mass is 10.2. The van der Waals surface area contributed by atoms with Crippen molar-refractivity contribution >= 4 is 11.5 Å². The topological polar surface area (TPSA) is 53.6 Å². The van der Waals surface area contributed by atoms with E-state index in [2.05, 4.69) is 10.4 Å². The van der Waals surface area contributed by atoms with Crippen LogP contribution in [0.25, 0.3) is 0 Å². The lowest BCUT2D eigenvalue weighted by Gasteiger charge is -2.11. The Labute approximate surface area is 113 Å². The summed E-state index contributed by atoms with van der Waals surface area (Å²) in [6, 6.07) is 6.77. The second kappa shape index (κ2) is 4.89. The second-order valence-electron chi connectivity index (χ2n) is 4.25. The van der Waals surface area contributed by atoms with Crippen molar-refractivity contribution < 1.29 is 13.2 Å². The smallest absolute Gasteiger partial charge is 0.339 e. The van der Waals surface area contributed by atoms with Crippen LogP contribution in [0.2, 0.25) is 0 Å². The lowest BCUT2D eigenvalue weighted by Crippen LogP contribution is -2.06. The van der Waals surface area contributed by atoms with E-state index in [1.807, 2.05) is 6.07 Å². The van der Waals surface area contributed by atoms with E-state index < -0.39 is 11.7 Å². The molecule has 104 valence electrons. The number of anilines is 2. The van der Waals surface area contributed by atoms with Crippen LogP contribution in [-0.4, -0.2) is 9.78 Å². The molecule has 0 radical (unpaired) electrons. The number of nitriles is 1. The molecule has 1 aromatic carbocycles. The number of halogens is 3. The predicted octanol–water partition coefficient (Wildman–Crippen LogP) is 3.36. The van der Waals surface area contributed by atoms with Gasteiger partial charge in [0, 0.05) is 12.7 Å². The van der Waals surface area contributed by atoms with Gasteiger partial charge >= 0.3 is 6.18 Å². The monoisotopic (exact) mass is 280 g/mol. The Balaban J connectivity index is 2.39. The highest BCUT2D eigenvalue weighted by atomic mass is 19.4. The van der Waals surface area contributed by atoms with Gasteiger partial charge in [0.2, 0.25) is 0 Å². The molecular formula is C13H11F3N4. The number of nitrogens with zero attached hydrogens (tertiary/aromatic N) is 3. The van der Waals surface area contributed by atoms with Gasteiger partial charge in [-0.25, -0.2) is 0 Å². The summed E-state index contributed by atoms with van der Waals surface area (Å²) < 4.78 is 39.3. The fourth-order valence-electron chi connectivity index (χ4n) is 1.85. The molecule has 0 aliphatic heterocycles. The molecule has 0 aliphatic carbocycles. The molecule has 0 spiro atoms. The zero-order chi connectivity index (χ0) is 14.9. The summed E-state index contributed by atoms with van der Waals surface area (Å²) in [7, 11) is 1.61. The average Bonchev–Trinajstić information content (AvgIpc) is 2.63. The van der Waals surface area contributed by atoms with Gasteiger partial charge in [0.25, 0.3) is 0 Å². The van der Waals surface area contributed by atoms with Crippen LogP contribution in [0.5, 0.6) is 0 Å². The van der Waals surface area contributed by atoms with Crippen molar-refractivity contribution in [2.45, 2.75) is 13.1 Å². The fourth-order valence-corrected chi connectivity index (χ4v) is 1.85. The van der Waals surface area contributed by atoms with Gasteiger partial charge in [-0.1, -0.05) is 6.07 Å². The summed E-state index contributed by atoms with van der Waals surface area (Å²) >= 11 is 0. The maximum atomic E-state index is 12.6. The molecule has 20 heavy (non-hydrogen) atoms. The van der Waals surface area contributed by atoms with Gasteiger partial charge in [0.05, 0.1) is 11.3 Å². The van der Waals surface area contributed by atoms with E-state index in [4.69, 9.17) is 5.26 Å². The number of hydrogen-bond acceptors (Lipinski definition) is 3. The molecule has 0 aliphatic rings. The number of rotatable bonds is 2. The third-order valence-electron chi connectivity index (χ3n) is 2.79. The van der Waals surface area contributed by atoms with Crippen LogP contribution in [0.1, 0.15) is 16.8 Å². The normalized spacial score (nSPS) is 11.2. The summed E-state index contributed by atoms with van der Waals surface area (Å²) in [5.74, 6) is 0.365. The molecule has 0 bridgehead atoms. The largest absolute Gasteiger partial charge is 0.416 e. The highest BCUT2D eigenvalue weighted by molar-refractivity contribution is 5.64. The third kappa shape index (κ3) is 2.59. The Morgan fingerprint density at radius 3 is 2.65 bits per heavy atom. The second-order valence-corrected chi connectivity index (χ2v) is 4.25. The fraction of sp³-hybridized carbons (Fsp3) is 0.231. The molecule has 4 nitrogen and oxygen atoms in total. The molecule has 0 atom stereocenters. The molecular weight excluding hydrogens is 269 g/mol. The molecule has 0 fully saturated rings. The molecule has 0 saturated heterocycles. The van der Waals surface area contributed by atoms with Crippen LogP contribution >= 0.6 is 0 Å². The summed E-state index contributed by atoms with van der Waals surface area (Å²) in [5.41, 5.74) is 0.327. The van der Waals surface area contributed by atoms with E-state index in [1.165, 1.54) is 16.8 Å². The quantitative estimate of drug-likeness (QED) is 0.917. The molecule has 2 rings (SSSR count). The highest BCUT2D eigenvalue weighted by Gasteiger charge is 2.30. The summed E-state index contributed by atoms with van der Waals surface area (Å²) in [5, 5.41) is 15.9. The molecule has 0 saturated carbocycles. The van der Waals surface area contributed by atoms with Gasteiger partial charge < -0.3 is 5.32 Å². The Morgan fingerprint density at radius 2 is 2.05 bits per heavy atom. The standard InChI is InChI=1S/C13H11F3N4/c1-8-11(7-17)12(20(2)19-8)18-10-5-3-4-9(6-10)13(14,15)16/h3-6,18H,1-2H3.